The maximum atomic E-state index is 12.3. The first-order chi connectivity index (χ1) is 9.79. The van der Waals surface area contributed by atoms with E-state index in [0.29, 0.717) is 6.42 Å². The molecule has 0 bridgehead atoms. The molecule has 21 heavy (non-hydrogen) atoms. The number of hydrogen-bond donors (Lipinski definition) is 4. The van der Waals surface area contributed by atoms with Crippen LogP contribution in [0.2, 0.25) is 0 Å². The van der Waals surface area contributed by atoms with Crippen molar-refractivity contribution in [2.24, 2.45) is 5.73 Å². The second-order valence-electron chi connectivity index (χ2n) is 4.78. The number of benzene rings is 1. The van der Waals surface area contributed by atoms with E-state index in [1.54, 1.807) is 0 Å². The number of sulfonamides is 1. The lowest BCUT2D eigenvalue weighted by atomic mass is 10.1. The Morgan fingerprint density at radius 2 is 2.10 bits per heavy atom. The van der Waals surface area contributed by atoms with Gasteiger partial charge in [-0.2, -0.15) is 0 Å². The number of hydrogen-bond acceptors (Lipinski definition) is 5. The van der Waals surface area contributed by atoms with Crippen molar-refractivity contribution in [3.8, 4) is 0 Å². The smallest absolute Gasteiger partial charge is 0.248 e. The predicted octanol–water partition coefficient (Wildman–Crippen LogP) is -1.08. The zero-order valence-electron chi connectivity index (χ0n) is 11.1. The minimum atomic E-state index is -3.83. The van der Waals surface area contributed by atoms with Gasteiger partial charge in [0.25, 0.3) is 0 Å². The fourth-order valence-electron chi connectivity index (χ4n) is 2.06. The molecule has 2 rings (SSSR count). The minimum Gasteiger partial charge on any atom is -0.398 e. The number of rotatable bonds is 4. The Kier molecular flexibility index (Phi) is 4.14. The zero-order chi connectivity index (χ0) is 15.6. The molecule has 0 aromatic heterocycles. The van der Waals surface area contributed by atoms with Gasteiger partial charge in [-0.25, -0.2) is 13.1 Å². The van der Waals surface area contributed by atoms with E-state index in [1.807, 2.05) is 0 Å². The van der Waals surface area contributed by atoms with Crippen LogP contribution in [0.15, 0.2) is 23.1 Å². The van der Waals surface area contributed by atoms with Gasteiger partial charge in [-0.3, -0.25) is 9.59 Å². The lowest BCUT2D eigenvalue weighted by Gasteiger charge is -2.23. The van der Waals surface area contributed by atoms with Gasteiger partial charge in [0.15, 0.2) is 0 Å². The highest BCUT2D eigenvalue weighted by molar-refractivity contribution is 7.89. The van der Waals surface area contributed by atoms with Crippen LogP contribution < -0.4 is 21.5 Å². The number of anilines is 1. The van der Waals surface area contributed by atoms with Crippen molar-refractivity contribution in [3.63, 3.8) is 0 Å². The van der Waals surface area contributed by atoms with E-state index in [1.165, 1.54) is 18.2 Å². The quantitative estimate of drug-likeness (QED) is 0.523. The molecule has 1 aromatic carbocycles. The van der Waals surface area contributed by atoms with Crippen LogP contribution in [0, 0.1) is 0 Å². The Morgan fingerprint density at radius 1 is 1.38 bits per heavy atom. The molecule has 1 saturated heterocycles. The summed E-state index contributed by atoms with van der Waals surface area (Å²) < 4.78 is 27.0. The van der Waals surface area contributed by atoms with Gasteiger partial charge >= 0.3 is 0 Å². The van der Waals surface area contributed by atoms with Crippen LogP contribution in [0.3, 0.4) is 0 Å². The highest BCUT2D eigenvalue weighted by Gasteiger charge is 2.25. The number of nitrogens with one attached hydrogen (secondary N) is 2. The zero-order valence-corrected chi connectivity index (χ0v) is 11.9. The second kappa shape index (κ2) is 5.70. The molecule has 8 nitrogen and oxygen atoms in total. The van der Waals surface area contributed by atoms with E-state index in [-0.39, 0.29) is 41.1 Å². The van der Waals surface area contributed by atoms with Crippen LogP contribution in [0.25, 0.3) is 0 Å². The third-order valence-corrected chi connectivity index (χ3v) is 4.77. The molecule has 0 spiro atoms. The Hall–Kier alpha value is -2.13. The molecule has 114 valence electrons. The number of carbonyl (C=O) groups is 2. The SMILES string of the molecule is NC(=O)c1ccc(S(=O)(=O)NC2CCC(=O)NC2)c(N)c1. The highest BCUT2D eigenvalue weighted by atomic mass is 32.2. The van der Waals surface area contributed by atoms with Gasteiger partial charge in [0.05, 0.1) is 5.69 Å². The molecule has 1 unspecified atom stereocenters. The first kappa shape index (κ1) is 15.3. The summed E-state index contributed by atoms with van der Waals surface area (Å²) in [6, 6.07) is 3.37. The standard InChI is InChI=1S/C12H16N4O4S/c13-9-5-7(12(14)18)1-3-10(9)21(19,20)16-8-2-4-11(17)15-6-8/h1,3,5,8,16H,2,4,6,13H2,(H2,14,18)(H,15,17). The fraction of sp³-hybridized carbons (Fsp3) is 0.333. The molecule has 0 saturated carbocycles. The number of primary amides is 1. The number of piperidine rings is 1. The minimum absolute atomic E-state index is 0.0568. The maximum Gasteiger partial charge on any atom is 0.248 e. The van der Waals surface area contributed by atoms with Crippen molar-refractivity contribution in [2.45, 2.75) is 23.8 Å². The number of amides is 2. The monoisotopic (exact) mass is 312 g/mol. The number of carbonyl (C=O) groups excluding carboxylic acids is 2. The van der Waals surface area contributed by atoms with Gasteiger partial charge in [-0.1, -0.05) is 0 Å². The van der Waals surface area contributed by atoms with E-state index in [2.05, 4.69) is 10.0 Å². The van der Waals surface area contributed by atoms with Crippen LogP contribution in [-0.4, -0.2) is 32.8 Å². The van der Waals surface area contributed by atoms with E-state index in [9.17, 15) is 18.0 Å². The molecule has 1 atom stereocenters. The van der Waals surface area contributed by atoms with E-state index < -0.39 is 15.9 Å². The van der Waals surface area contributed by atoms with E-state index in [0.717, 1.165) is 0 Å². The molecule has 1 fully saturated rings. The molecule has 2 amide bonds. The normalized spacial score (nSPS) is 19.0. The highest BCUT2D eigenvalue weighted by Crippen LogP contribution is 2.20. The predicted molar refractivity (Wildman–Crippen MR) is 75.7 cm³/mol. The molecule has 1 aliphatic heterocycles. The molecular formula is C12H16N4O4S. The van der Waals surface area contributed by atoms with Gasteiger partial charge in [-0.15, -0.1) is 0 Å². The summed E-state index contributed by atoms with van der Waals surface area (Å²) in [4.78, 5) is 21.9. The first-order valence-electron chi connectivity index (χ1n) is 6.28. The molecule has 1 heterocycles. The van der Waals surface area contributed by atoms with Gasteiger partial charge in [0.1, 0.15) is 4.90 Å². The molecule has 1 aliphatic rings. The lowest BCUT2D eigenvalue weighted by molar-refractivity contribution is -0.122. The van der Waals surface area contributed by atoms with Gasteiger partial charge in [0, 0.05) is 24.6 Å². The Morgan fingerprint density at radius 3 is 2.62 bits per heavy atom. The molecule has 1 aromatic rings. The first-order valence-corrected chi connectivity index (χ1v) is 7.76. The van der Waals surface area contributed by atoms with Gasteiger partial charge < -0.3 is 16.8 Å². The average Bonchev–Trinajstić information content (AvgIpc) is 2.40. The fourth-order valence-corrected chi connectivity index (χ4v) is 3.45. The van der Waals surface area contributed by atoms with E-state index in [4.69, 9.17) is 11.5 Å². The summed E-state index contributed by atoms with van der Waals surface area (Å²) >= 11 is 0. The molecular weight excluding hydrogens is 296 g/mol. The van der Waals surface area contributed by atoms with Crippen molar-refractivity contribution < 1.29 is 18.0 Å². The van der Waals surface area contributed by atoms with Gasteiger partial charge in [0.2, 0.25) is 21.8 Å². The summed E-state index contributed by atoms with van der Waals surface area (Å²) in [7, 11) is -3.83. The Bertz CT molecular complexity index is 676. The maximum absolute atomic E-state index is 12.3. The molecule has 0 radical (unpaired) electrons. The second-order valence-corrected chi connectivity index (χ2v) is 6.46. The van der Waals surface area contributed by atoms with Crippen molar-refractivity contribution in [2.75, 3.05) is 12.3 Å². The van der Waals surface area contributed by atoms with Crippen LogP contribution in [0.4, 0.5) is 5.69 Å². The summed E-state index contributed by atoms with van der Waals surface area (Å²) in [6.07, 6.45) is 0.688. The van der Waals surface area contributed by atoms with Crippen LogP contribution in [0.5, 0.6) is 0 Å². The van der Waals surface area contributed by atoms with E-state index >= 15 is 0 Å². The van der Waals surface area contributed by atoms with Crippen molar-refractivity contribution in [3.05, 3.63) is 23.8 Å². The topological polar surface area (TPSA) is 144 Å². The van der Waals surface area contributed by atoms with Crippen LogP contribution >= 0.6 is 0 Å². The molecule has 9 heteroatoms. The Balaban J connectivity index is 2.19. The third-order valence-electron chi connectivity index (χ3n) is 3.17. The number of nitrogens with two attached hydrogens (primary N) is 2. The average molecular weight is 312 g/mol. The van der Waals surface area contributed by atoms with Crippen molar-refractivity contribution in [1.29, 1.82) is 0 Å². The molecule has 0 aliphatic carbocycles. The summed E-state index contributed by atoms with van der Waals surface area (Å²) in [5.74, 6) is -0.788. The molecule has 6 N–H and O–H groups in total. The summed E-state index contributed by atoms with van der Waals surface area (Å²) in [6.45, 7) is 0.233. The van der Waals surface area contributed by atoms with Crippen LogP contribution in [0.1, 0.15) is 23.2 Å². The third kappa shape index (κ3) is 3.50. The van der Waals surface area contributed by atoms with Crippen molar-refractivity contribution >= 4 is 27.5 Å². The lowest BCUT2D eigenvalue weighted by Crippen LogP contribution is -2.47. The largest absolute Gasteiger partial charge is 0.398 e. The van der Waals surface area contributed by atoms with Gasteiger partial charge in [-0.05, 0) is 24.6 Å². The number of nitrogen functional groups attached to an aromatic ring is 1. The summed E-state index contributed by atoms with van der Waals surface area (Å²) in [5.41, 5.74) is 10.9. The summed E-state index contributed by atoms with van der Waals surface area (Å²) in [5, 5.41) is 2.59. The van der Waals surface area contributed by atoms with Crippen molar-refractivity contribution in [1.82, 2.24) is 10.0 Å². The Labute approximate surface area is 121 Å². The van der Waals surface area contributed by atoms with Crippen LogP contribution in [-0.2, 0) is 14.8 Å².